The molecule has 0 unspecified atom stereocenters. The van der Waals surface area contributed by atoms with E-state index in [9.17, 15) is 9.59 Å². The molecule has 120 valence electrons. The molecule has 0 bridgehead atoms. The molecule has 0 aliphatic rings. The summed E-state index contributed by atoms with van der Waals surface area (Å²) in [6, 6.07) is 1.39. The number of hydrogen-bond donors (Lipinski definition) is 2. The molecular weight excluding hydrogens is 270 g/mol. The van der Waals surface area contributed by atoms with Gasteiger partial charge in [-0.1, -0.05) is 6.92 Å². The van der Waals surface area contributed by atoms with Gasteiger partial charge in [-0.3, -0.25) is 4.79 Å². The zero-order chi connectivity index (χ0) is 16.5. The molecule has 0 spiro atoms. The van der Waals surface area contributed by atoms with E-state index in [2.05, 4.69) is 10.6 Å². The summed E-state index contributed by atoms with van der Waals surface area (Å²) in [5.41, 5.74) is -0.617. The van der Waals surface area contributed by atoms with E-state index in [1.165, 1.54) is 0 Å². The van der Waals surface area contributed by atoms with Crippen molar-refractivity contribution in [3.63, 3.8) is 0 Å². The van der Waals surface area contributed by atoms with Crippen LogP contribution in [-0.2, 0) is 9.53 Å². The maximum Gasteiger partial charge on any atom is 0.408 e. The van der Waals surface area contributed by atoms with Crippen LogP contribution in [0.15, 0.2) is 0 Å². The van der Waals surface area contributed by atoms with E-state index in [1.54, 1.807) is 20.8 Å². The van der Waals surface area contributed by atoms with Crippen LogP contribution in [0.4, 0.5) is 4.79 Å². The molecular formula is C15H27N3O3. The summed E-state index contributed by atoms with van der Waals surface area (Å²) in [5.74, 6) is -0.242. The Morgan fingerprint density at radius 2 is 1.90 bits per heavy atom. The van der Waals surface area contributed by atoms with Crippen LogP contribution in [-0.4, -0.2) is 29.7 Å². The molecule has 0 heterocycles. The number of hydrogen-bond acceptors (Lipinski definition) is 4. The van der Waals surface area contributed by atoms with E-state index in [0.29, 0.717) is 19.3 Å². The molecule has 0 rings (SSSR count). The Labute approximate surface area is 127 Å². The second-order valence-electron chi connectivity index (χ2n) is 6.07. The molecule has 0 aromatic heterocycles. The lowest BCUT2D eigenvalue weighted by molar-refractivity contribution is -0.124. The zero-order valence-electron chi connectivity index (χ0n) is 13.7. The number of carbonyl (C=O) groups excluding carboxylic acids is 2. The Bertz CT molecular complexity index is 383. The lowest BCUT2D eigenvalue weighted by Gasteiger charge is -2.24. The Balaban J connectivity index is 4.61. The van der Waals surface area contributed by atoms with E-state index in [1.807, 2.05) is 19.9 Å². The number of nitrogens with one attached hydrogen (secondary N) is 2. The Kier molecular flexibility index (Phi) is 8.44. The summed E-state index contributed by atoms with van der Waals surface area (Å²) in [6.07, 6.45) is 1.50. The molecule has 0 aromatic carbocycles. The summed E-state index contributed by atoms with van der Waals surface area (Å²) in [6.45, 7) is 9.15. The first-order valence-electron chi connectivity index (χ1n) is 7.36. The molecule has 6 nitrogen and oxygen atoms in total. The van der Waals surface area contributed by atoms with Crippen molar-refractivity contribution in [1.82, 2.24) is 10.6 Å². The highest BCUT2D eigenvalue weighted by Crippen LogP contribution is 2.08. The SMILES string of the molecule is CC[C@@H](C)NC(=O)[C@@H](CCCC#N)NC(=O)OC(C)(C)C. The third-order valence-corrected chi connectivity index (χ3v) is 2.79. The number of nitrogens with zero attached hydrogens (tertiary/aromatic N) is 1. The first-order valence-corrected chi connectivity index (χ1v) is 7.36. The van der Waals surface area contributed by atoms with Crippen LogP contribution in [0.25, 0.3) is 0 Å². The Morgan fingerprint density at radius 3 is 2.38 bits per heavy atom. The maximum atomic E-state index is 12.1. The Morgan fingerprint density at radius 1 is 1.29 bits per heavy atom. The second kappa shape index (κ2) is 9.22. The molecule has 0 aromatic rings. The lowest BCUT2D eigenvalue weighted by Crippen LogP contribution is -2.50. The van der Waals surface area contributed by atoms with Crippen LogP contribution < -0.4 is 10.6 Å². The molecule has 0 saturated carbocycles. The van der Waals surface area contributed by atoms with Crippen LogP contribution in [0.2, 0.25) is 0 Å². The molecule has 0 fully saturated rings. The van der Waals surface area contributed by atoms with Gasteiger partial charge < -0.3 is 15.4 Å². The number of unbranched alkanes of at least 4 members (excludes halogenated alkanes) is 1. The van der Waals surface area contributed by atoms with Gasteiger partial charge in [0.25, 0.3) is 0 Å². The third-order valence-electron chi connectivity index (χ3n) is 2.79. The number of ether oxygens (including phenoxy) is 1. The highest BCUT2D eigenvalue weighted by molar-refractivity contribution is 5.85. The average molecular weight is 297 g/mol. The van der Waals surface area contributed by atoms with Crippen LogP contribution >= 0.6 is 0 Å². The molecule has 2 atom stereocenters. The molecule has 0 aliphatic heterocycles. The van der Waals surface area contributed by atoms with Crippen molar-refractivity contribution in [1.29, 1.82) is 5.26 Å². The molecule has 21 heavy (non-hydrogen) atoms. The number of alkyl carbamates (subject to hydrolysis) is 1. The quantitative estimate of drug-likeness (QED) is 0.706. The number of rotatable bonds is 7. The van der Waals surface area contributed by atoms with E-state index in [4.69, 9.17) is 10.00 Å². The molecule has 6 heteroatoms. The number of nitriles is 1. The van der Waals surface area contributed by atoms with E-state index in [0.717, 1.165) is 6.42 Å². The molecule has 2 amide bonds. The fraction of sp³-hybridized carbons (Fsp3) is 0.800. The average Bonchev–Trinajstić information content (AvgIpc) is 2.35. The minimum Gasteiger partial charge on any atom is -0.444 e. The van der Waals surface area contributed by atoms with Crippen molar-refractivity contribution in [2.75, 3.05) is 0 Å². The topological polar surface area (TPSA) is 91.2 Å². The fourth-order valence-corrected chi connectivity index (χ4v) is 1.55. The zero-order valence-corrected chi connectivity index (χ0v) is 13.7. The molecule has 0 radical (unpaired) electrons. The smallest absolute Gasteiger partial charge is 0.408 e. The first kappa shape index (κ1) is 19.2. The van der Waals surface area contributed by atoms with Crippen LogP contribution in [0, 0.1) is 11.3 Å². The number of amides is 2. The van der Waals surface area contributed by atoms with Gasteiger partial charge in [0.15, 0.2) is 0 Å². The summed E-state index contributed by atoms with van der Waals surface area (Å²) in [5, 5.41) is 14.0. The largest absolute Gasteiger partial charge is 0.444 e. The standard InChI is InChI=1S/C15H27N3O3/c1-6-11(2)17-13(19)12(9-7-8-10-16)18-14(20)21-15(3,4)5/h11-12H,6-9H2,1-5H3,(H,17,19)(H,18,20)/t11-,12-/m1/s1. The van der Waals surface area contributed by atoms with Gasteiger partial charge in [0, 0.05) is 12.5 Å². The highest BCUT2D eigenvalue weighted by Gasteiger charge is 2.24. The van der Waals surface area contributed by atoms with Gasteiger partial charge in [-0.25, -0.2) is 4.79 Å². The van der Waals surface area contributed by atoms with Crippen molar-refractivity contribution >= 4 is 12.0 Å². The van der Waals surface area contributed by atoms with Crippen LogP contribution in [0.5, 0.6) is 0 Å². The summed E-state index contributed by atoms with van der Waals surface area (Å²) >= 11 is 0. The first-order chi connectivity index (χ1) is 9.69. The van der Waals surface area contributed by atoms with Gasteiger partial charge >= 0.3 is 6.09 Å². The normalized spacial score (nSPS) is 13.7. The van der Waals surface area contributed by atoms with Gasteiger partial charge in [0.1, 0.15) is 11.6 Å². The van der Waals surface area contributed by atoms with Crippen molar-refractivity contribution < 1.29 is 14.3 Å². The van der Waals surface area contributed by atoms with E-state index < -0.39 is 17.7 Å². The van der Waals surface area contributed by atoms with Crippen LogP contribution in [0.3, 0.4) is 0 Å². The summed E-state index contributed by atoms with van der Waals surface area (Å²) < 4.78 is 5.16. The van der Waals surface area contributed by atoms with Crippen LogP contribution in [0.1, 0.15) is 60.3 Å². The lowest BCUT2D eigenvalue weighted by atomic mass is 10.1. The maximum absolute atomic E-state index is 12.1. The third kappa shape index (κ3) is 9.72. The minimum atomic E-state index is -0.679. The van der Waals surface area contributed by atoms with E-state index >= 15 is 0 Å². The molecule has 0 saturated heterocycles. The van der Waals surface area contributed by atoms with Gasteiger partial charge in [-0.2, -0.15) is 5.26 Å². The summed E-state index contributed by atoms with van der Waals surface area (Å²) in [7, 11) is 0. The monoisotopic (exact) mass is 297 g/mol. The minimum absolute atomic E-state index is 0.0383. The predicted octanol–water partition coefficient (Wildman–Crippen LogP) is 2.49. The molecule has 0 aliphatic carbocycles. The van der Waals surface area contributed by atoms with Crippen molar-refractivity contribution in [2.24, 2.45) is 0 Å². The van der Waals surface area contributed by atoms with Crippen molar-refractivity contribution in [2.45, 2.75) is 78.0 Å². The van der Waals surface area contributed by atoms with Gasteiger partial charge in [-0.05, 0) is 47.0 Å². The van der Waals surface area contributed by atoms with Gasteiger partial charge in [0.05, 0.1) is 6.07 Å². The summed E-state index contributed by atoms with van der Waals surface area (Å²) in [4.78, 5) is 23.9. The van der Waals surface area contributed by atoms with E-state index in [-0.39, 0.29) is 11.9 Å². The fourth-order valence-electron chi connectivity index (χ4n) is 1.55. The second-order valence-corrected chi connectivity index (χ2v) is 6.07. The Hall–Kier alpha value is -1.77. The van der Waals surface area contributed by atoms with Gasteiger partial charge in [0.2, 0.25) is 5.91 Å². The highest BCUT2D eigenvalue weighted by atomic mass is 16.6. The predicted molar refractivity (Wildman–Crippen MR) is 80.5 cm³/mol. The number of carbonyl (C=O) groups is 2. The van der Waals surface area contributed by atoms with Crippen molar-refractivity contribution in [3.05, 3.63) is 0 Å². The van der Waals surface area contributed by atoms with Crippen molar-refractivity contribution in [3.8, 4) is 6.07 Å². The molecule has 2 N–H and O–H groups in total. The van der Waals surface area contributed by atoms with Gasteiger partial charge in [-0.15, -0.1) is 0 Å².